The normalized spacial score (nSPS) is 19.3. The summed E-state index contributed by atoms with van der Waals surface area (Å²) in [4.78, 5) is 13.2. The van der Waals surface area contributed by atoms with Crippen molar-refractivity contribution < 1.29 is 9.90 Å². The molecule has 0 spiro atoms. The first kappa shape index (κ1) is 16.1. The quantitative estimate of drug-likeness (QED) is 0.802. The molecule has 0 fully saturated rings. The second-order valence-electron chi connectivity index (χ2n) is 5.88. The summed E-state index contributed by atoms with van der Waals surface area (Å²) in [6.07, 6.45) is 2.00. The van der Waals surface area contributed by atoms with Crippen molar-refractivity contribution in [2.75, 3.05) is 12.3 Å². The number of benzene rings is 2. The number of hydrogen-bond acceptors (Lipinski definition) is 3. The summed E-state index contributed by atoms with van der Waals surface area (Å²) in [5.41, 5.74) is 1.22. The highest BCUT2D eigenvalue weighted by atomic mass is 32.2. The third-order valence-electron chi connectivity index (χ3n) is 4.25. The summed E-state index contributed by atoms with van der Waals surface area (Å²) < 4.78 is 0. The third-order valence-corrected chi connectivity index (χ3v) is 5.26. The second-order valence-corrected chi connectivity index (χ2v) is 7.05. The van der Waals surface area contributed by atoms with E-state index in [1.54, 1.807) is 11.8 Å². The van der Waals surface area contributed by atoms with Crippen LogP contribution in [-0.2, 0) is 16.8 Å². The SMILES string of the molecule is O=C(CCSc1ccccc1)NC[C@]1(O)CCc2ccccc21. The van der Waals surface area contributed by atoms with Gasteiger partial charge in [0.1, 0.15) is 5.60 Å². The lowest BCUT2D eigenvalue weighted by Crippen LogP contribution is -2.39. The monoisotopic (exact) mass is 327 g/mol. The topological polar surface area (TPSA) is 49.3 Å². The van der Waals surface area contributed by atoms with Crippen LogP contribution >= 0.6 is 11.8 Å². The standard InChI is InChI=1S/C19H21NO2S/c21-18(11-13-23-16-7-2-1-3-8-16)20-14-19(22)12-10-15-6-4-5-9-17(15)19/h1-9,22H,10-14H2,(H,20,21)/t19-/m1/s1. The van der Waals surface area contributed by atoms with Crippen molar-refractivity contribution in [1.29, 1.82) is 0 Å². The first-order chi connectivity index (χ1) is 11.2. The van der Waals surface area contributed by atoms with Gasteiger partial charge < -0.3 is 10.4 Å². The van der Waals surface area contributed by atoms with E-state index in [1.807, 2.05) is 54.6 Å². The van der Waals surface area contributed by atoms with Crippen LogP contribution in [-0.4, -0.2) is 23.3 Å². The zero-order valence-corrected chi connectivity index (χ0v) is 13.8. The van der Waals surface area contributed by atoms with E-state index in [1.165, 1.54) is 10.5 Å². The Labute approximate surface area is 141 Å². The minimum atomic E-state index is -0.918. The molecule has 3 rings (SSSR count). The van der Waals surface area contributed by atoms with E-state index < -0.39 is 5.60 Å². The lowest BCUT2D eigenvalue weighted by molar-refractivity contribution is -0.122. The van der Waals surface area contributed by atoms with Gasteiger partial charge in [0.25, 0.3) is 0 Å². The van der Waals surface area contributed by atoms with Crippen LogP contribution in [0.4, 0.5) is 0 Å². The van der Waals surface area contributed by atoms with E-state index in [0.717, 1.165) is 17.7 Å². The highest BCUT2D eigenvalue weighted by molar-refractivity contribution is 7.99. The van der Waals surface area contributed by atoms with Gasteiger partial charge in [-0.2, -0.15) is 0 Å². The molecule has 3 nitrogen and oxygen atoms in total. The zero-order chi connectivity index (χ0) is 16.1. The summed E-state index contributed by atoms with van der Waals surface area (Å²) >= 11 is 1.67. The van der Waals surface area contributed by atoms with Gasteiger partial charge in [-0.15, -0.1) is 11.8 Å². The Kier molecular flexibility index (Phi) is 5.03. The van der Waals surface area contributed by atoms with Crippen LogP contribution in [0.2, 0.25) is 0 Å². The number of carbonyl (C=O) groups excluding carboxylic acids is 1. The van der Waals surface area contributed by atoms with Crippen molar-refractivity contribution in [3.63, 3.8) is 0 Å². The van der Waals surface area contributed by atoms with E-state index in [2.05, 4.69) is 5.32 Å². The van der Waals surface area contributed by atoms with Crippen LogP contribution in [0.3, 0.4) is 0 Å². The molecule has 2 aromatic carbocycles. The van der Waals surface area contributed by atoms with Crippen LogP contribution in [0.5, 0.6) is 0 Å². The van der Waals surface area contributed by atoms with Crippen molar-refractivity contribution in [2.45, 2.75) is 29.8 Å². The molecule has 120 valence electrons. The van der Waals surface area contributed by atoms with Crippen LogP contribution in [0.15, 0.2) is 59.5 Å². The highest BCUT2D eigenvalue weighted by Crippen LogP contribution is 2.36. The van der Waals surface area contributed by atoms with Crippen molar-refractivity contribution in [3.8, 4) is 0 Å². The van der Waals surface area contributed by atoms with Gasteiger partial charge >= 0.3 is 0 Å². The molecule has 1 aliphatic carbocycles. The van der Waals surface area contributed by atoms with Gasteiger partial charge in [-0.1, -0.05) is 42.5 Å². The number of nitrogens with one attached hydrogen (secondary N) is 1. The average Bonchev–Trinajstić information content (AvgIpc) is 2.92. The molecule has 2 N–H and O–H groups in total. The maximum Gasteiger partial charge on any atom is 0.220 e. The molecule has 1 atom stereocenters. The Balaban J connectivity index is 1.46. The maximum absolute atomic E-state index is 12.0. The number of hydrogen-bond donors (Lipinski definition) is 2. The molecule has 0 radical (unpaired) electrons. The van der Waals surface area contributed by atoms with Gasteiger partial charge in [0.15, 0.2) is 0 Å². The van der Waals surface area contributed by atoms with Crippen LogP contribution in [0.25, 0.3) is 0 Å². The predicted molar refractivity (Wildman–Crippen MR) is 93.5 cm³/mol. The van der Waals surface area contributed by atoms with Gasteiger partial charge in [-0.05, 0) is 36.1 Å². The second kappa shape index (κ2) is 7.20. The molecule has 4 heteroatoms. The van der Waals surface area contributed by atoms with Crippen molar-refractivity contribution in [3.05, 3.63) is 65.7 Å². The molecule has 0 saturated carbocycles. The molecule has 0 aromatic heterocycles. The van der Waals surface area contributed by atoms with E-state index in [0.29, 0.717) is 19.4 Å². The largest absolute Gasteiger partial charge is 0.383 e. The number of aryl methyl sites for hydroxylation is 1. The molecule has 0 saturated heterocycles. The van der Waals surface area contributed by atoms with E-state index in [9.17, 15) is 9.90 Å². The highest BCUT2D eigenvalue weighted by Gasteiger charge is 2.36. The van der Waals surface area contributed by atoms with Crippen molar-refractivity contribution in [2.24, 2.45) is 0 Å². The molecular weight excluding hydrogens is 306 g/mol. The maximum atomic E-state index is 12.0. The number of fused-ring (bicyclic) bond motifs is 1. The zero-order valence-electron chi connectivity index (χ0n) is 13.0. The summed E-state index contributed by atoms with van der Waals surface area (Å²) in [5.74, 6) is 0.733. The molecule has 0 unspecified atom stereocenters. The number of aliphatic hydroxyl groups is 1. The first-order valence-electron chi connectivity index (χ1n) is 7.93. The molecule has 0 bridgehead atoms. The van der Waals surface area contributed by atoms with Crippen LogP contribution in [0.1, 0.15) is 24.0 Å². The molecule has 1 amide bonds. The minimum Gasteiger partial charge on any atom is -0.383 e. The lowest BCUT2D eigenvalue weighted by atomic mass is 9.96. The van der Waals surface area contributed by atoms with Crippen molar-refractivity contribution >= 4 is 17.7 Å². The summed E-state index contributed by atoms with van der Waals surface area (Å²) in [6.45, 7) is 0.291. The molecular formula is C19H21NO2S. The Hall–Kier alpha value is -1.78. The predicted octanol–water partition coefficient (Wildman–Crippen LogP) is 3.12. The van der Waals surface area contributed by atoms with Gasteiger partial charge in [-0.25, -0.2) is 0 Å². The van der Waals surface area contributed by atoms with Crippen LogP contribution < -0.4 is 5.32 Å². The fourth-order valence-electron chi connectivity index (χ4n) is 2.96. The van der Waals surface area contributed by atoms with Gasteiger partial charge in [-0.3, -0.25) is 4.79 Å². The average molecular weight is 327 g/mol. The van der Waals surface area contributed by atoms with E-state index in [-0.39, 0.29) is 5.91 Å². The Morgan fingerprint density at radius 1 is 1.13 bits per heavy atom. The summed E-state index contributed by atoms with van der Waals surface area (Å²) in [5, 5.41) is 13.7. The smallest absolute Gasteiger partial charge is 0.220 e. The van der Waals surface area contributed by atoms with Gasteiger partial charge in [0.2, 0.25) is 5.91 Å². The number of rotatable bonds is 6. The summed E-state index contributed by atoms with van der Waals surface area (Å²) in [6, 6.07) is 18.0. The number of thioether (sulfide) groups is 1. The van der Waals surface area contributed by atoms with Crippen molar-refractivity contribution in [1.82, 2.24) is 5.32 Å². The number of carbonyl (C=O) groups is 1. The van der Waals surface area contributed by atoms with Gasteiger partial charge in [0.05, 0.1) is 6.54 Å². The van der Waals surface area contributed by atoms with Crippen LogP contribution in [0, 0.1) is 0 Å². The van der Waals surface area contributed by atoms with E-state index >= 15 is 0 Å². The Morgan fingerprint density at radius 2 is 1.87 bits per heavy atom. The fourth-order valence-corrected chi connectivity index (χ4v) is 3.84. The first-order valence-corrected chi connectivity index (χ1v) is 8.91. The molecule has 1 aliphatic rings. The Bertz CT molecular complexity index is 674. The molecule has 2 aromatic rings. The lowest BCUT2D eigenvalue weighted by Gasteiger charge is -2.24. The van der Waals surface area contributed by atoms with E-state index in [4.69, 9.17) is 0 Å². The third kappa shape index (κ3) is 3.95. The molecule has 0 heterocycles. The van der Waals surface area contributed by atoms with Gasteiger partial charge in [0, 0.05) is 17.1 Å². The fraction of sp³-hybridized carbons (Fsp3) is 0.316. The minimum absolute atomic E-state index is 0.00811. The molecule has 0 aliphatic heterocycles. The molecule has 23 heavy (non-hydrogen) atoms. The number of amides is 1. The summed E-state index contributed by atoms with van der Waals surface area (Å²) in [7, 11) is 0. The Morgan fingerprint density at radius 3 is 2.70 bits per heavy atom.